The molecule has 0 radical (unpaired) electrons. The molecule has 2 aromatic carbocycles. The molecule has 0 heterocycles. The van der Waals surface area contributed by atoms with E-state index in [0.717, 1.165) is 10.0 Å². The Labute approximate surface area is 132 Å². The summed E-state index contributed by atoms with van der Waals surface area (Å²) in [7, 11) is 0. The molecule has 4 nitrogen and oxygen atoms in total. The summed E-state index contributed by atoms with van der Waals surface area (Å²) >= 11 is 3.38. The summed E-state index contributed by atoms with van der Waals surface area (Å²) in [6.45, 7) is 2.79. The smallest absolute Gasteiger partial charge is 0.257 e. The van der Waals surface area contributed by atoms with Crippen molar-refractivity contribution in [2.75, 3.05) is 12.3 Å². The quantitative estimate of drug-likeness (QED) is 0.814. The summed E-state index contributed by atoms with van der Waals surface area (Å²) in [6, 6.07) is 13.0. The number of anilines is 1. The first-order valence-electron chi connectivity index (χ1n) is 6.65. The number of benzene rings is 2. The predicted molar refractivity (Wildman–Crippen MR) is 87.3 cm³/mol. The number of amides is 1. The van der Waals surface area contributed by atoms with Crippen LogP contribution in [0.25, 0.3) is 0 Å². The maximum Gasteiger partial charge on any atom is 0.257 e. The lowest BCUT2D eigenvalue weighted by Gasteiger charge is -2.12. The highest BCUT2D eigenvalue weighted by Crippen LogP contribution is 2.24. The van der Waals surface area contributed by atoms with Crippen molar-refractivity contribution in [2.24, 2.45) is 0 Å². The third-order valence-electron chi connectivity index (χ3n) is 2.95. The van der Waals surface area contributed by atoms with Crippen molar-refractivity contribution >= 4 is 27.5 Å². The Morgan fingerprint density at radius 3 is 2.62 bits per heavy atom. The molecule has 0 spiro atoms. The molecule has 110 valence electrons. The predicted octanol–water partition coefficient (Wildman–Crippen LogP) is 3.36. The number of carbonyl (C=O) groups is 1. The van der Waals surface area contributed by atoms with Gasteiger partial charge in [-0.1, -0.05) is 34.1 Å². The second kappa shape index (κ2) is 7.13. The van der Waals surface area contributed by atoms with Crippen LogP contribution in [0, 0.1) is 0 Å². The summed E-state index contributed by atoms with van der Waals surface area (Å²) in [6.07, 6.45) is 0. The van der Waals surface area contributed by atoms with Gasteiger partial charge in [0.05, 0.1) is 6.61 Å². The summed E-state index contributed by atoms with van der Waals surface area (Å²) in [5, 5.41) is 2.86. The molecule has 0 aliphatic heterocycles. The van der Waals surface area contributed by atoms with E-state index in [4.69, 9.17) is 10.5 Å². The minimum absolute atomic E-state index is 0.237. The van der Waals surface area contributed by atoms with Gasteiger partial charge in [-0.2, -0.15) is 0 Å². The molecule has 0 atom stereocenters. The Hall–Kier alpha value is -2.01. The van der Waals surface area contributed by atoms with Crippen LogP contribution < -0.4 is 15.8 Å². The van der Waals surface area contributed by atoms with Gasteiger partial charge in [-0.05, 0) is 36.8 Å². The molecule has 0 aliphatic rings. The van der Waals surface area contributed by atoms with E-state index >= 15 is 0 Å². The molecule has 2 aromatic rings. The number of hydrogen-bond donors (Lipinski definition) is 2. The van der Waals surface area contributed by atoms with Crippen molar-refractivity contribution in [3.05, 3.63) is 58.1 Å². The van der Waals surface area contributed by atoms with Gasteiger partial charge in [0.1, 0.15) is 11.3 Å². The molecule has 2 rings (SSSR count). The van der Waals surface area contributed by atoms with Gasteiger partial charge in [0.25, 0.3) is 5.91 Å². The molecule has 3 N–H and O–H groups in total. The lowest BCUT2D eigenvalue weighted by atomic mass is 10.1. The zero-order valence-electron chi connectivity index (χ0n) is 11.7. The van der Waals surface area contributed by atoms with Crippen molar-refractivity contribution < 1.29 is 9.53 Å². The average Bonchev–Trinajstić information content (AvgIpc) is 2.47. The van der Waals surface area contributed by atoms with Crippen LogP contribution in [0.1, 0.15) is 22.8 Å². The van der Waals surface area contributed by atoms with E-state index in [1.54, 1.807) is 18.2 Å². The van der Waals surface area contributed by atoms with E-state index in [1.807, 2.05) is 31.2 Å². The van der Waals surface area contributed by atoms with Crippen molar-refractivity contribution in [3.8, 4) is 5.75 Å². The SMILES string of the molecule is CCOc1cccc(N)c1C(=O)NCc1ccc(Br)cc1. The number of nitrogens with one attached hydrogen (secondary N) is 1. The highest BCUT2D eigenvalue weighted by Gasteiger charge is 2.15. The topological polar surface area (TPSA) is 64.3 Å². The number of ether oxygens (including phenoxy) is 1. The third-order valence-corrected chi connectivity index (χ3v) is 3.48. The van der Waals surface area contributed by atoms with E-state index in [2.05, 4.69) is 21.2 Å². The van der Waals surface area contributed by atoms with Crippen LogP contribution in [0.2, 0.25) is 0 Å². The van der Waals surface area contributed by atoms with Crippen LogP contribution in [0.4, 0.5) is 5.69 Å². The summed E-state index contributed by atoms with van der Waals surface area (Å²) < 4.78 is 6.46. The van der Waals surface area contributed by atoms with Gasteiger partial charge < -0.3 is 15.8 Å². The monoisotopic (exact) mass is 348 g/mol. The molecule has 0 aliphatic carbocycles. The largest absolute Gasteiger partial charge is 0.493 e. The fourth-order valence-corrected chi connectivity index (χ4v) is 2.20. The zero-order valence-corrected chi connectivity index (χ0v) is 13.3. The zero-order chi connectivity index (χ0) is 15.2. The van der Waals surface area contributed by atoms with Crippen molar-refractivity contribution in [3.63, 3.8) is 0 Å². The molecule has 0 saturated carbocycles. The van der Waals surface area contributed by atoms with E-state index < -0.39 is 0 Å². The summed E-state index contributed by atoms with van der Waals surface area (Å²) in [5.74, 6) is 0.269. The molecule has 1 amide bonds. The van der Waals surface area contributed by atoms with Gasteiger partial charge in [0.2, 0.25) is 0 Å². The first-order chi connectivity index (χ1) is 10.1. The van der Waals surface area contributed by atoms with E-state index in [-0.39, 0.29) is 5.91 Å². The van der Waals surface area contributed by atoms with Gasteiger partial charge in [0.15, 0.2) is 0 Å². The second-order valence-corrected chi connectivity index (χ2v) is 5.38. The lowest BCUT2D eigenvalue weighted by molar-refractivity contribution is 0.0948. The van der Waals surface area contributed by atoms with Crippen LogP contribution >= 0.6 is 15.9 Å². The highest BCUT2D eigenvalue weighted by molar-refractivity contribution is 9.10. The standard InChI is InChI=1S/C16H17BrN2O2/c1-2-21-14-5-3-4-13(18)15(14)16(20)19-10-11-6-8-12(17)9-7-11/h3-9H,2,10,18H2,1H3,(H,19,20). The first-order valence-corrected chi connectivity index (χ1v) is 7.45. The van der Waals surface area contributed by atoms with Gasteiger partial charge in [-0.25, -0.2) is 0 Å². The Kier molecular flexibility index (Phi) is 5.22. The molecule has 0 saturated heterocycles. The fraction of sp³-hybridized carbons (Fsp3) is 0.188. The molecular formula is C16H17BrN2O2. The maximum absolute atomic E-state index is 12.3. The van der Waals surface area contributed by atoms with Crippen LogP contribution in [0.5, 0.6) is 5.75 Å². The van der Waals surface area contributed by atoms with Crippen LogP contribution in [-0.4, -0.2) is 12.5 Å². The number of hydrogen-bond acceptors (Lipinski definition) is 3. The molecule has 5 heteroatoms. The van der Waals surface area contributed by atoms with Crippen molar-refractivity contribution in [1.29, 1.82) is 0 Å². The summed E-state index contributed by atoms with van der Waals surface area (Å²) in [4.78, 5) is 12.3. The van der Waals surface area contributed by atoms with Crippen LogP contribution in [0.15, 0.2) is 46.9 Å². The maximum atomic E-state index is 12.3. The minimum Gasteiger partial charge on any atom is -0.493 e. The van der Waals surface area contributed by atoms with Gasteiger partial charge in [-0.15, -0.1) is 0 Å². The minimum atomic E-state index is -0.237. The molecule has 0 unspecified atom stereocenters. The van der Waals surface area contributed by atoms with Crippen LogP contribution in [0.3, 0.4) is 0 Å². The lowest BCUT2D eigenvalue weighted by Crippen LogP contribution is -2.24. The van der Waals surface area contributed by atoms with Crippen molar-refractivity contribution in [1.82, 2.24) is 5.32 Å². The number of nitrogens with two attached hydrogens (primary N) is 1. The van der Waals surface area contributed by atoms with E-state index in [0.29, 0.717) is 30.2 Å². The Balaban J connectivity index is 2.11. The van der Waals surface area contributed by atoms with Crippen molar-refractivity contribution in [2.45, 2.75) is 13.5 Å². The third kappa shape index (κ3) is 3.98. The fourth-order valence-electron chi connectivity index (χ4n) is 1.94. The number of halogens is 1. The number of carbonyl (C=O) groups excluding carboxylic acids is 1. The van der Waals surface area contributed by atoms with Gasteiger partial charge in [0, 0.05) is 16.7 Å². The molecule has 0 bridgehead atoms. The molecular weight excluding hydrogens is 332 g/mol. The first kappa shape index (κ1) is 15.4. The Morgan fingerprint density at radius 2 is 1.95 bits per heavy atom. The van der Waals surface area contributed by atoms with E-state index in [1.165, 1.54) is 0 Å². The number of rotatable bonds is 5. The van der Waals surface area contributed by atoms with Crippen LogP contribution in [-0.2, 0) is 6.54 Å². The number of nitrogen functional groups attached to an aromatic ring is 1. The highest BCUT2D eigenvalue weighted by atomic mass is 79.9. The van der Waals surface area contributed by atoms with Gasteiger partial charge in [-0.3, -0.25) is 4.79 Å². The summed E-state index contributed by atoms with van der Waals surface area (Å²) in [5.41, 5.74) is 7.70. The second-order valence-electron chi connectivity index (χ2n) is 4.46. The molecule has 0 aromatic heterocycles. The Morgan fingerprint density at radius 1 is 1.24 bits per heavy atom. The Bertz CT molecular complexity index is 627. The normalized spacial score (nSPS) is 10.2. The van der Waals surface area contributed by atoms with E-state index in [9.17, 15) is 4.79 Å². The molecule has 21 heavy (non-hydrogen) atoms. The average molecular weight is 349 g/mol. The van der Waals surface area contributed by atoms with Gasteiger partial charge >= 0.3 is 0 Å². The molecule has 0 fully saturated rings.